The van der Waals surface area contributed by atoms with Crippen molar-refractivity contribution in [3.63, 3.8) is 0 Å². The Bertz CT molecular complexity index is 644. The minimum absolute atomic E-state index is 0.0937. The minimum atomic E-state index is -1.23. The minimum Gasteiger partial charge on any atom is -0.478 e. The predicted octanol–water partition coefficient (Wildman–Crippen LogP) is 2.45. The maximum Gasteiger partial charge on any atom is 0.336 e. The summed E-state index contributed by atoms with van der Waals surface area (Å²) in [6, 6.07) is 13.7. The van der Waals surface area contributed by atoms with Gasteiger partial charge in [0, 0.05) is 11.1 Å². The Morgan fingerprint density at radius 2 is 1.21 bits per heavy atom. The number of hydrogen-bond acceptors (Lipinski definition) is 3. The number of hydrogen-bond donors (Lipinski definition) is 1. The molecule has 4 heteroatoms. The number of benzene rings is 2. The first kappa shape index (κ1) is 12.7. The second-order valence-electron chi connectivity index (χ2n) is 3.88. The molecular weight excluding hydrogens is 244 g/mol. The molecule has 0 spiro atoms. The molecule has 19 heavy (non-hydrogen) atoms. The molecule has 0 aliphatic carbocycles. The largest absolute Gasteiger partial charge is 0.478 e. The zero-order valence-corrected chi connectivity index (χ0v) is 9.87. The van der Waals surface area contributed by atoms with E-state index >= 15 is 0 Å². The summed E-state index contributed by atoms with van der Waals surface area (Å²) in [5, 5.41) is 9.00. The zero-order valence-electron chi connectivity index (χ0n) is 9.87. The Labute approximate surface area is 109 Å². The highest BCUT2D eigenvalue weighted by Gasteiger charge is 2.22. The van der Waals surface area contributed by atoms with E-state index in [9.17, 15) is 14.4 Å². The van der Waals surface area contributed by atoms with E-state index in [0.717, 1.165) is 0 Å². The third-order valence-corrected chi connectivity index (χ3v) is 2.64. The molecule has 0 aromatic heterocycles. The molecule has 94 valence electrons. The number of carboxylic acids is 1. The van der Waals surface area contributed by atoms with E-state index in [1.165, 1.54) is 36.4 Å². The summed E-state index contributed by atoms with van der Waals surface area (Å²) in [6.07, 6.45) is 0. The van der Waals surface area contributed by atoms with Gasteiger partial charge in [-0.2, -0.15) is 0 Å². The molecular formula is C15H10O4. The van der Waals surface area contributed by atoms with Crippen LogP contribution in [0.3, 0.4) is 0 Å². The number of Topliss-reactive ketones (excluding diaryl/α,β-unsaturated/α-hetero) is 2. The van der Waals surface area contributed by atoms with E-state index in [-0.39, 0.29) is 16.7 Å². The molecule has 0 aliphatic heterocycles. The summed E-state index contributed by atoms with van der Waals surface area (Å²) < 4.78 is 0. The van der Waals surface area contributed by atoms with Crippen molar-refractivity contribution in [2.24, 2.45) is 0 Å². The van der Waals surface area contributed by atoms with Crippen molar-refractivity contribution in [2.45, 2.75) is 0 Å². The Morgan fingerprint density at radius 1 is 0.684 bits per heavy atom. The van der Waals surface area contributed by atoms with Crippen LogP contribution in [0.5, 0.6) is 0 Å². The van der Waals surface area contributed by atoms with Gasteiger partial charge in [0.1, 0.15) is 0 Å². The molecule has 0 radical (unpaired) electrons. The van der Waals surface area contributed by atoms with Crippen LogP contribution < -0.4 is 0 Å². The standard InChI is InChI=1S/C15H10O4/c16-13(10-6-2-1-3-7-10)14(17)11-8-4-5-9-12(11)15(18)19/h1-9H,(H,18,19). The van der Waals surface area contributed by atoms with Gasteiger partial charge in [-0.15, -0.1) is 0 Å². The topological polar surface area (TPSA) is 71.4 Å². The van der Waals surface area contributed by atoms with Gasteiger partial charge in [0.15, 0.2) is 0 Å². The Kier molecular flexibility index (Phi) is 3.52. The van der Waals surface area contributed by atoms with E-state index in [2.05, 4.69) is 0 Å². The first-order valence-corrected chi connectivity index (χ1v) is 5.57. The van der Waals surface area contributed by atoms with Crippen molar-refractivity contribution in [1.29, 1.82) is 0 Å². The van der Waals surface area contributed by atoms with E-state index < -0.39 is 17.5 Å². The van der Waals surface area contributed by atoms with Crippen molar-refractivity contribution >= 4 is 17.5 Å². The van der Waals surface area contributed by atoms with Gasteiger partial charge in [0.25, 0.3) is 0 Å². The van der Waals surface area contributed by atoms with E-state index in [1.54, 1.807) is 18.2 Å². The molecule has 2 aromatic rings. The molecule has 2 aromatic carbocycles. The summed E-state index contributed by atoms with van der Waals surface area (Å²) in [5.41, 5.74) is -0.0201. The molecule has 0 saturated heterocycles. The van der Waals surface area contributed by atoms with Gasteiger partial charge in [-0.05, 0) is 6.07 Å². The first-order valence-electron chi connectivity index (χ1n) is 5.57. The number of rotatable bonds is 4. The third-order valence-electron chi connectivity index (χ3n) is 2.64. The van der Waals surface area contributed by atoms with Crippen LogP contribution in [0.4, 0.5) is 0 Å². The molecule has 0 atom stereocenters. The first-order chi connectivity index (χ1) is 9.11. The van der Waals surface area contributed by atoms with Crippen molar-refractivity contribution in [3.05, 3.63) is 71.3 Å². The van der Waals surface area contributed by atoms with Gasteiger partial charge in [-0.3, -0.25) is 9.59 Å². The maximum atomic E-state index is 12.1. The van der Waals surface area contributed by atoms with Gasteiger partial charge in [0.2, 0.25) is 11.6 Å². The second kappa shape index (κ2) is 5.27. The van der Waals surface area contributed by atoms with Crippen LogP contribution in [-0.4, -0.2) is 22.6 Å². The summed E-state index contributed by atoms with van der Waals surface area (Å²) in [5.74, 6) is -2.76. The Balaban J connectivity index is 2.41. The van der Waals surface area contributed by atoms with Gasteiger partial charge < -0.3 is 5.11 Å². The van der Waals surface area contributed by atoms with Crippen molar-refractivity contribution < 1.29 is 19.5 Å². The monoisotopic (exact) mass is 254 g/mol. The fourth-order valence-corrected chi connectivity index (χ4v) is 1.71. The zero-order chi connectivity index (χ0) is 13.8. The van der Waals surface area contributed by atoms with Crippen LogP contribution in [0.15, 0.2) is 54.6 Å². The summed E-state index contributed by atoms with van der Waals surface area (Å²) in [6.45, 7) is 0. The Hall–Kier alpha value is -2.75. The lowest BCUT2D eigenvalue weighted by Gasteiger charge is -2.04. The average molecular weight is 254 g/mol. The molecule has 4 nitrogen and oxygen atoms in total. The van der Waals surface area contributed by atoms with E-state index in [1.807, 2.05) is 0 Å². The van der Waals surface area contributed by atoms with Gasteiger partial charge in [-0.25, -0.2) is 4.79 Å². The summed E-state index contributed by atoms with van der Waals surface area (Å²) in [4.78, 5) is 35.1. The van der Waals surface area contributed by atoms with Crippen molar-refractivity contribution in [3.8, 4) is 0 Å². The number of carbonyl (C=O) groups excluding carboxylic acids is 2. The number of aromatic carboxylic acids is 1. The molecule has 0 heterocycles. The lowest BCUT2D eigenvalue weighted by Crippen LogP contribution is -2.17. The van der Waals surface area contributed by atoms with E-state index in [0.29, 0.717) is 0 Å². The quantitative estimate of drug-likeness (QED) is 0.672. The molecule has 1 N–H and O–H groups in total. The molecule has 0 bridgehead atoms. The van der Waals surface area contributed by atoms with Crippen LogP contribution >= 0.6 is 0 Å². The molecule has 2 rings (SSSR count). The fourth-order valence-electron chi connectivity index (χ4n) is 1.71. The fraction of sp³-hybridized carbons (Fsp3) is 0. The third kappa shape index (κ3) is 2.57. The SMILES string of the molecule is O=C(C(=O)c1ccccc1C(=O)O)c1ccccc1. The maximum absolute atomic E-state index is 12.1. The van der Waals surface area contributed by atoms with Crippen LogP contribution in [-0.2, 0) is 0 Å². The smallest absolute Gasteiger partial charge is 0.336 e. The van der Waals surface area contributed by atoms with E-state index in [4.69, 9.17) is 5.11 Å². The highest BCUT2D eigenvalue weighted by atomic mass is 16.4. The van der Waals surface area contributed by atoms with Gasteiger partial charge >= 0.3 is 5.97 Å². The molecule has 0 saturated carbocycles. The van der Waals surface area contributed by atoms with Crippen molar-refractivity contribution in [2.75, 3.05) is 0 Å². The highest BCUT2D eigenvalue weighted by molar-refractivity contribution is 6.50. The lowest BCUT2D eigenvalue weighted by molar-refractivity contribution is 0.0691. The summed E-state index contributed by atoms with van der Waals surface area (Å²) >= 11 is 0. The van der Waals surface area contributed by atoms with Gasteiger partial charge in [0.05, 0.1) is 5.56 Å². The lowest BCUT2D eigenvalue weighted by atomic mass is 9.97. The average Bonchev–Trinajstić information content (AvgIpc) is 2.46. The van der Waals surface area contributed by atoms with Gasteiger partial charge in [-0.1, -0.05) is 48.5 Å². The van der Waals surface area contributed by atoms with Crippen LogP contribution in [0.25, 0.3) is 0 Å². The number of carboxylic acid groups (broad SMARTS) is 1. The van der Waals surface area contributed by atoms with Crippen LogP contribution in [0.1, 0.15) is 31.1 Å². The molecule has 0 unspecified atom stereocenters. The van der Waals surface area contributed by atoms with Crippen molar-refractivity contribution in [1.82, 2.24) is 0 Å². The highest BCUT2D eigenvalue weighted by Crippen LogP contribution is 2.13. The van der Waals surface area contributed by atoms with Crippen LogP contribution in [0, 0.1) is 0 Å². The molecule has 0 amide bonds. The number of carbonyl (C=O) groups is 3. The second-order valence-corrected chi connectivity index (χ2v) is 3.88. The molecule has 0 aliphatic rings. The Morgan fingerprint density at radius 3 is 1.79 bits per heavy atom. The van der Waals surface area contributed by atoms with Crippen LogP contribution in [0.2, 0.25) is 0 Å². The summed E-state index contributed by atoms with van der Waals surface area (Å²) in [7, 11) is 0. The molecule has 0 fully saturated rings. The predicted molar refractivity (Wildman–Crippen MR) is 68.5 cm³/mol. The number of ketones is 2. The normalized spacial score (nSPS) is 9.89.